The van der Waals surface area contributed by atoms with Crippen LogP contribution in [0.2, 0.25) is 0 Å². The first kappa shape index (κ1) is 23.0. The number of halogens is 1. The molecule has 1 unspecified atom stereocenters. The molecule has 0 spiro atoms. The summed E-state index contributed by atoms with van der Waals surface area (Å²) in [5.41, 5.74) is 2.17. The summed E-state index contributed by atoms with van der Waals surface area (Å²) in [6.45, 7) is 0.974. The number of nitrogens with one attached hydrogen (secondary N) is 2. The van der Waals surface area contributed by atoms with E-state index in [-0.39, 0.29) is 0 Å². The minimum Gasteiger partial charge on any atom is -0.462 e. The molecule has 1 heterocycles. The lowest BCUT2D eigenvalue weighted by Crippen LogP contribution is -2.54. The molecular weight excluding hydrogens is 517 g/mol. The van der Waals surface area contributed by atoms with Crippen molar-refractivity contribution in [2.24, 2.45) is 0 Å². The van der Waals surface area contributed by atoms with Crippen molar-refractivity contribution >= 4 is 32.6 Å². The highest BCUT2D eigenvalue weighted by molar-refractivity contribution is 14.1. The molecule has 3 rings (SSSR count). The van der Waals surface area contributed by atoms with Gasteiger partial charge in [0.2, 0.25) is 16.4 Å². The smallest absolute Gasteiger partial charge is 0.241 e. The lowest BCUT2D eigenvalue weighted by Gasteiger charge is -2.35. The molecule has 1 aliphatic heterocycles. The monoisotopic (exact) mass is 543 g/mol. The second-order valence-corrected chi connectivity index (χ2v) is 10.2. The van der Waals surface area contributed by atoms with Gasteiger partial charge in [-0.15, -0.1) is 0 Å². The normalized spacial score (nSPS) is 18.2. The van der Waals surface area contributed by atoms with Crippen LogP contribution in [0.1, 0.15) is 11.1 Å². The van der Waals surface area contributed by atoms with Crippen LogP contribution in [0.5, 0.6) is 0 Å². The van der Waals surface area contributed by atoms with Crippen molar-refractivity contribution in [2.45, 2.75) is 31.5 Å². The van der Waals surface area contributed by atoms with Crippen LogP contribution in [0.4, 0.5) is 0 Å². The Hall–Kier alpha value is -1.66. The van der Waals surface area contributed by atoms with Crippen molar-refractivity contribution < 1.29 is 18.3 Å². The van der Waals surface area contributed by atoms with Gasteiger partial charge < -0.3 is 20.1 Å². The Labute approximate surface area is 191 Å². The minimum absolute atomic E-state index is 0.346. The fourth-order valence-corrected chi connectivity index (χ4v) is 4.48. The standard InChI is InChI=1S/C21H26IN3O4S/c1-30(27,28)24-21-25(10-11-29-21)19(13-16-6-3-2-4-7-16)20(26)15-23-14-17-8-5-9-18(22)12-17/h2-12,19-21,23-24,26H,13-15H2,1H3/t19-,20+,21?/m0/s1. The average molecular weight is 543 g/mol. The number of sulfonamides is 1. The van der Waals surface area contributed by atoms with Crippen LogP contribution < -0.4 is 10.0 Å². The molecule has 2 aromatic rings. The van der Waals surface area contributed by atoms with Crippen molar-refractivity contribution in [3.05, 3.63) is 81.8 Å². The zero-order valence-corrected chi connectivity index (χ0v) is 19.6. The minimum atomic E-state index is -3.48. The molecule has 162 valence electrons. The Morgan fingerprint density at radius 3 is 2.60 bits per heavy atom. The Bertz CT molecular complexity index is 956. The summed E-state index contributed by atoms with van der Waals surface area (Å²) < 4.78 is 32.5. The number of aliphatic hydroxyl groups excluding tert-OH is 1. The van der Waals surface area contributed by atoms with Crippen LogP contribution in [-0.4, -0.2) is 49.7 Å². The second-order valence-electron chi connectivity index (χ2n) is 7.20. The van der Waals surface area contributed by atoms with Gasteiger partial charge in [-0.25, -0.2) is 8.42 Å². The van der Waals surface area contributed by atoms with E-state index in [1.54, 1.807) is 11.1 Å². The van der Waals surface area contributed by atoms with Crippen LogP contribution in [-0.2, 0) is 27.7 Å². The van der Waals surface area contributed by atoms with Crippen molar-refractivity contribution in [1.82, 2.24) is 14.9 Å². The molecule has 2 aromatic carbocycles. The van der Waals surface area contributed by atoms with Crippen LogP contribution in [0.3, 0.4) is 0 Å². The highest BCUT2D eigenvalue weighted by atomic mass is 127. The molecule has 3 atom stereocenters. The zero-order valence-electron chi connectivity index (χ0n) is 16.6. The molecule has 0 fully saturated rings. The maximum absolute atomic E-state index is 11.7. The number of benzene rings is 2. The number of hydrogen-bond donors (Lipinski definition) is 3. The van der Waals surface area contributed by atoms with Crippen molar-refractivity contribution in [1.29, 1.82) is 0 Å². The maximum atomic E-state index is 11.7. The third kappa shape index (κ3) is 6.95. The Morgan fingerprint density at radius 2 is 1.90 bits per heavy atom. The first-order valence-electron chi connectivity index (χ1n) is 9.56. The Kier molecular flexibility index (Phi) is 8.12. The largest absolute Gasteiger partial charge is 0.462 e. The molecule has 0 saturated heterocycles. The Balaban J connectivity index is 1.70. The molecule has 3 N–H and O–H groups in total. The topological polar surface area (TPSA) is 90.9 Å². The van der Waals surface area contributed by atoms with Gasteiger partial charge in [-0.05, 0) is 52.3 Å². The molecule has 0 aromatic heterocycles. The SMILES string of the molecule is CS(=O)(=O)NC1OC=CN1[C@@H](Cc1ccccc1)[C@H](O)CNCc1cccc(I)c1. The molecule has 0 amide bonds. The van der Waals surface area contributed by atoms with E-state index in [2.05, 4.69) is 38.7 Å². The highest BCUT2D eigenvalue weighted by Gasteiger charge is 2.34. The van der Waals surface area contributed by atoms with E-state index in [1.807, 2.05) is 48.5 Å². The van der Waals surface area contributed by atoms with Gasteiger partial charge in [0.1, 0.15) is 6.26 Å². The summed E-state index contributed by atoms with van der Waals surface area (Å²) in [5.74, 6) is 0. The van der Waals surface area contributed by atoms with Crippen LogP contribution in [0.25, 0.3) is 0 Å². The Morgan fingerprint density at radius 1 is 1.17 bits per heavy atom. The molecule has 0 aliphatic carbocycles. The van der Waals surface area contributed by atoms with Gasteiger partial charge in [0.25, 0.3) is 0 Å². The lowest BCUT2D eigenvalue weighted by molar-refractivity contribution is -0.0189. The van der Waals surface area contributed by atoms with Gasteiger partial charge in [-0.3, -0.25) is 0 Å². The molecule has 0 saturated carbocycles. The molecule has 0 radical (unpaired) electrons. The number of rotatable bonds is 10. The average Bonchev–Trinajstić information content (AvgIpc) is 3.13. The number of nitrogens with zero attached hydrogens (tertiary/aromatic N) is 1. The zero-order chi connectivity index (χ0) is 21.6. The van der Waals surface area contributed by atoms with E-state index in [9.17, 15) is 13.5 Å². The van der Waals surface area contributed by atoms with Gasteiger partial charge in [0.15, 0.2) is 0 Å². The van der Waals surface area contributed by atoms with Gasteiger partial charge in [0.05, 0.1) is 18.4 Å². The van der Waals surface area contributed by atoms with Gasteiger partial charge in [0, 0.05) is 22.9 Å². The number of ether oxygens (including phenoxy) is 1. The summed E-state index contributed by atoms with van der Waals surface area (Å²) in [6.07, 6.45) is 3.06. The predicted molar refractivity (Wildman–Crippen MR) is 125 cm³/mol. The molecule has 30 heavy (non-hydrogen) atoms. The summed E-state index contributed by atoms with van der Waals surface area (Å²) in [4.78, 5) is 1.71. The molecule has 7 nitrogen and oxygen atoms in total. The first-order valence-corrected chi connectivity index (χ1v) is 12.5. The summed E-state index contributed by atoms with van der Waals surface area (Å²) in [7, 11) is -3.48. The van der Waals surface area contributed by atoms with Gasteiger partial charge in [-0.2, -0.15) is 4.72 Å². The fraction of sp³-hybridized carbons (Fsp3) is 0.333. The third-order valence-corrected chi connectivity index (χ3v) is 6.01. The molecule has 1 aliphatic rings. The summed E-state index contributed by atoms with van der Waals surface area (Å²) in [5, 5.41) is 14.3. The van der Waals surface area contributed by atoms with Crippen LogP contribution in [0, 0.1) is 3.57 Å². The third-order valence-electron chi connectivity index (χ3n) is 4.71. The highest BCUT2D eigenvalue weighted by Crippen LogP contribution is 2.20. The molecular formula is C21H26IN3O4S. The van der Waals surface area contributed by atoms with E-state index >= 15 is 0 Å². The van der Waals surface area contributed by atoms with Crippen molar-refractivity contribution in [2.75, 3.05) is 12.8 Å². The van der Waals surface area contributed by atoms with Gasteiger partial charge >= 0.3 is 0 Å². The lowest BCUT2D eigenvalue weighted by atomic mass is 9.99. The van der Waals surface area contributed by atoms with Crippen molar-refractivity contribution in [3.63, 3.8) is 0 Å². The summed E-state index contributed by atoms with van der Waals surface area (Å²) in [6, 6.07) is 17.5. The predicted octanol–water partition coefficient (Wildman–Crippen LogP) is 1.99. The second kappa shape index (κ2) is 10.6. The molecule has 9 heteroatoms. The van der Waals surface area contributed by atoms with Crippen molar-refractivity contribution in [3.8, 4) is 0 Å². The quantitative estimate of drug-likeness (QED) is 0.398. The van der Waals surface area contributed by atoms with E-state index in [1.165, 1.54) is 6.26 Å². The summed E-state index contributed by atoms with van der Waals surface area (Å²) >= 11 is 2.27. The van der Waals surface area contributed by atoms with E-state index in [0.717, 1.165) is 21.0 Å². The van der Waals surface area contributed by atoms with E-state index in [0.29, 0.717) is 19.5 Å². The first-order chi connectivity index (χ1) is 14.3. The maximum Gasteiger partial charge on any atom is 0.241 e. The van der Waals surface area contributed by atoms with E-state index < -0.39 is 28.5 Å². The van der Waals surface area contributed by atoms with Crippen LogP contribution >= 0.6 is 22.6 Å². The number of aliphatic hydroxyl groups is 1. The number of hydrogen-bond acceptors (Lipinski definition) is 6. The van der Waals surface area contributed by atoms with E-state index in [4.69, 9.17) is 4.74 Å². The van der Waals surface area contributed by atoms with Crippen LogP contribution in [0.15, 0.2) is 67.1 Å². The fourth-order valence-electron chi connectivity index (χ4n) is 3.33. The van der Waals surface area contributed by atoms with Gasteiger partial charge in [-0.1, -0.05) is 42.5 Å². The molecule has 0 bridgehead atoms.